The van der Waals surface area contributed by atoms with Crippen LogP contribution in [0.3, 0.4) is 0 Å². The van der Waals surface area contributed by atoms with Crippen LogP contribution in [0.25, 0.3) is 0 Å². The third kappa shape index (κ3) is 9.41. The van der Waals surface area contributed by atoms with E-state index in [-0.39, 0.29) is 30.3 Å². The van der Waals surface area contributed by atoms with E-state index < -0.39 is 41.8 Å². The Morgan fingerprint density at radius 1 is 0.805 bits per heavy atom. The van der Waals surface area contributed by atoms with Gasteiger partial charge in [-0.05, 0) is 59.9 Å². The highest BCUT2D eigenvalue weighted by Crippen LogP contribution is 2.16. The van der Waals surface area contributed by atoms with Gasteiger partial charge in [0.1, 0.15) is 23.6 Å². The summed E-state index contributed by atoms with van der Waals surface area (Å²) < 4.78 is 10.4. The number of phenolic OH excluding ortho intramolecular Hbond substituents is 1. The lowest BCUT2D eigenvalue weighted by molar-refractivity contribution is -0.130. The molecule has 41 heavy (non-hydrogen) atoms. The Morgan fingerprint density at radius 2 is 1.34 bits per heavy atom. The fraction of sp³-hybridized carbons (Fsp3) is 0.333. The average molecular weight is 566 g/mol. The van der Waals surface area contributed by atoms with E-state index in [0.717, 1.165) is 0 Å². The minimum Gasteiger partial charge on any atom is -0.508 e. The number of phenols is 1. The third-order valence-electron chi connectivity index (χ3n) is 6.33. The van der Waals surface area contributed by atoms with Gasteiger partial charge in [0.25, 0.3) is 0 Å². The summed E-state index contributed by atoms with van der Waals surface area (Å²) in [6.07, 6.45) is 0.324. The van der Waals surface area contributed by atoms with Gasteiger partial charge in [-0.1, -0.05) is 38.1 Å². The number of carboxylic acid groups (broad SMARTS) is 1. The zero-order valence-electron chi connectivity index (χ0n) is 23.1. The Morgan fingerprint density at radius 3 is 1.83 bits per heavy atom. The van der Waals surface area contributed by atoms with Crippen molar-refractivity contribution < 1.29 is 38.5 Å². The van der Waals surface area contributed by atoms with Crippen LogP contribution in [0.5, 0.6) is 11.5 Å². The normalized spacial score (nSPS) is 13.1. The minimum absolute atomic E-state index is 0.0165. The zero-order valence-corrected chi connectivity index (χ0v) is 23.1. The molecule has 0 aliphatic heterocycles. The molecule has 0 aliphatic carbocycles. The predicted octanol–water partition coefficient (Wildman–Crippen LogP) is 3.31. The highest BCUT2D eigenvalue weighted by atomic mass is 16.5. The van der Waals surface area contributed by atoms with Crippen molar-refractivity contribution in [3.63, 3.8) is 0 Å². The van der Waals surface area contributed by atoms with Crippen LogP contribution < -0.4 is 20.7 Å². The van der Waals surface area contributed by atoms with Gasteiger partial charge >= 0.3 is 6.09 Å². The minimum atomic E-state index is -1.40. The fourth-order valence-corrected chi connectivity index (χ4v) is 4.27. The van der Waals surface area contributed by atoms with E-state index in [1.807, 2.05) is 13.8 Å². The number of Topliss-reactive ketones (excluding diaryl/α,β-unsaturated/α-hetero) is 1. The van der Waals surface area contributed by atoms with Crippen LogP contribution in [0.2, 0.25) is 0 Å². The molecular formula is C30H35N3O8. The molecule has 2 aromatic carbocycles. The molecule has 0 unspecified atom stereocenters. The van der Waals surface area contributed by atoms with Gasteiger partial charge < -0.3 is 35.3 Å². The smallest absolute Gasteiger partial charge is 0.405 e. The maximum atomic E-state index is 13.6. The number of amides is 3. The quantitative estimate of drug-likeness (QED) is 0.186. The Kier molecular flexibility index (Phi) is 10.9. The lowest BCUT2D eigenvalue weighted by atomic mass is 9.97. The number of methoxy groups -OCH3 is 1. The van der Waals surface area contributed by atoms with Gasteiger partial charge in [-0.25, -0.2) is 4.79 Å². The summed E-state index contributed by atoms with van der Waals surface area (Å²) in [5.74, 6) is -0.970. The molecule has 3 amide bonds. The first-order valence-electron chi connectivity index (χ1n) is 13.1. The zero-order chi connectivity index (χ0) is 29.9. The summed E-state index contributed by atoms with van der Waals surface area (Å²) in [4.78, 5) is 51.6. The molecule has 3 rings (SSSR count). The molecular weight excluding hydrogens is 530 g/mol. The van der Waals surface area contributed by atoms with Gasteiger partial charge in [-0.2, -0.15) is 0 Å². The van der Waals surface area contributed by atoms with Crippen molar-refractivity contribution in [1.82, 2.24) is 16.0 Å². The van der Waals surface area contributed by atoms with E-state index >= 15 is 0 Å². The van der Waals surface area contributed by atoms with E-state index in [1.54, 1.807) is 42.5 Å². The van der Waals surface area contributed by atoms with Crippen molar-refractivity contribution in [2.24, 2.45) is 5.92 Å². The molecule has 1 aromatic heterocycles. The van der Waals surface area contributed by atoms with Crippen molar-refractivity contribution in [3.8, 4) is 11.5 Å². The number of carbonyl (C=O) groups is 4. The van der Waals surface area contributed by atoms with Gasteiger partial charge in [0.05, 0.1) is 19.4 Å². The molecule has 11 nitrogen and oxygen atoms in total. The Hall–Kier alpha value is -4.80. The second-order valence-corrected chi connectivity index (χ2v) is 10.0. The largest absolute Gasteiger partial charge is 0.508 e. The van der Waals surface area contributed by atoms with Crippen LogP contribution in [0.15, 0.2) is 71.3 Å². The van der Waals surface area contributed by atoms with E-state index in [4.69, 9.17) is 9.15 Å². The molecule has 0 spiro atoms. The summed E-state index contributed by atoms with van der Waals surface area (Å²) in [5.41, 5.74) is 1.29. The van der Waals surface area contributed by atoms with Crippen LogP contribution >= 0.6 is 0 Å². The van der Waals surface area contributed by atoms with Gasteiger partial charge in [-0.3, -0.25) is 14.4 Å². The highest BCUT2D eigenvalue weighted by molar-refractivity contribution is 6.01. The summed E-state index contributed by atoms with van der Waals surface area (Å²) >= 11 is 0. The summed E-state index contributed by atoms with van der Waals surface area (Å²) in [6.45, 7) is 3.82. The molecule has 0 fully saturated rings. The molecule has 0 aliphatic rings. The number of carbonyl (C=O) groups excluding carboxylic acids is 3. The predicted molar refractivity (Wildman–Crippen MR) is 150 cm³/mol. The van der Waals surface area contributed by atoms with Gasteiger partial charge in [-0.15, -0.1) is 0 Å². The number of hydrogen-bond acceptors (Lipinski definition) is 7. The lowest BCUT2D eigenvalue weighted by Crippen LogP contribution is -2.56. The number of hydrogen-bond donors (Lipinski definition) is 5. The third-order valence-corrected chi connectivity index (χ3v) is 6.33. The van der Waals surface area contributed by atoms with E-state index in [9.17, 15) is 29.4 Å². The maximum Gasteiger partial charge on any atom is 0.405 e. The summed E-state index contributed by atoms with van der Waals surface area (Å²) in [5, 5.41) is 26.7. The number of furan rings is 1. The number of aromatic hydroxyl groups is 1. The number of rotatable bonds is 14. The SMILES string of the molecule is COc1ccc(C[C@H](NC(=O)O)C(=O)N[C@@H](Cc2ccc(O)cc2)C(=O)N[C@@H](CC(C)C)C(=O)c2ccco2)cc1. The maximum absolute atomic E-state index is 13.6. The molecule has 3 aromatic rings. The van der Waals surface area contributed by atoms with Crippen LogP contribution in [0.1, 0.15) is 41.9 Å². The molecule has 0 saturated carbocycles. The molecule has 0 saturated heterocycles. The Labute approximate surface area is 237 Å². The van der Waals surface area contributed by atoms with E-state index in [1.165, 1.54) is 31.6 Å². The average Bonchev–Trinajstić information content (AvgIpc) is 3.47. The Balaban J connectivity index is 1.85. The first-order chi connectivity index (χ1) is 19.5. The first-order valence-corrected chi connectivity index (χ1v) is 13.1. The van der Waals surface area contributed by atoms with Crippen molar-refractivity contribution in [2.45, 2.75) is 51.2 Å². The van der Waals surface area contributed by atoms with Crippen LogP contribution in [0, 0.1) is 5.92 Å². The fourth-order valence-electron chi connectivity index (χ4n) is 4.27. The molecule has 5 N–H and O–H groups in total. The van der Waals surface area contributed by atoms with Crippen molar-refractivity contribution >= 4 is 23.7 Å². The molecule has 1 heterocycles. The number of ether oxygens (including phenoxy) is 1. The van der Waals surface area contributed by atoms with E-state index in [0.29, 0.717) is 23.3 Å². The van der Waals surface area contributed by atoms with Crippen molar-refractivity contribution in [2.75, 3.05) is 7.11 Å². The monoisotopic (exact) mass is 565 g/mol. The number of ketones is 1. The molecule has 11 heteroatoms. The van der Waals surface area contributed by atoms with Crippen LogP contribution in [0.4, 0.5) is 4.79 Å². The molecule has 3 atom stereocenters. The second kappa shape index (κ2) is 14.5. The lowest BCUT2D eigenvalue weighted by Gasteiger charge is -2.25. The molecule has 0 radical (unpaired) electrons. The summed E-state index contributed by atoms with van der Waals surface area (Å²) in [7, 11) is 1.52. The number of nitrogens with one attached hydrogen (secondary N) is 3. The first kappa shape index (κ1) is 30.7. The van der Waals surface area contributed by atoms with Crippen LogP contribution in [-0.2, 0) is 22.4 Å². The standard InChI is InChI=1S/C30H35N3O8/c1-18(2)15-23(27(35)26-5-4-14-41-26)31-28(36)24(16-19-6-10-21(34)11-7-19)32-29(37)25(33-30(38)39)17-20-8-12-22(40-3)13-9-20/h4-14,18,23-25,33-34H,15-17H2,1-3H3,(H,31,36)(H,32,37)(H,38,39)/t23-,24-,25-/m0/s1. The van der Waals surface area contributed by atoms with Crippen molar-refractivity contribution in [1.29, 1.82) is 0 Å². The van der Waals surface area contributed by atoms with Gasteiger partial charge in [0, 0.05) is 12.8 Å². The Bertz CT molecular complexity index is 1300. The second-order valence-electron chi connectivity index (χ2n) is 10.0. The van der Waals surface area contributed by atoms with Gasteiger partial charge in [0.2, 0.25) is 17.6 Å². The number of benzene rings is 2. The molecule has 0 bridgehead atoms. The highest BCUT2D eigenvalue weighted by Gasteiger charge is 2.31. The topological polar surface area (TPSA) is 167 Å². The van der Waals surface area contributed by atoms with Gasteiger partial charge in [0.15, 0.2) is 5.76 Å². The van der Waals surface area contributed by atoms with Crippen molar-refractivity contribution in [3.05, 3.63) is 83.8 Å². The molecule has 218 valence electrons. The van der Waals surface area contributed by atoms with E-state index in [2.05, 4.69) is 16.0 Å². The summed E-state index contributed by atoms with van der Waals surface area (Å²) in [6, 6.07) is 12.7. The van der Waals surface area contributed by atoms with Crippen LogP contribution in [-0.4, -0.2) is 59.1 Å².